The minimum absolute atomic E-state index is 0.0507. The average molecular weight is 387 g/mol. The number of fused-ring (bicyclic) bond motifs is 1. The number of nitrogens with zero attached hydrogens (tertiary/aromatic N) is 5. The summed E-state index contributed by atoms with van der Waals surface area (Å²) in [6, 6.07) is 9.27. The maximum Gasteiger partial charge on any atom is 0.165 e. The summed E-state index contributed by atoms with van der Waals surface area (Å²) in [5, 5.41) is 0. The van der Waals surface area contributed by atoms with Gasteiger partial charge >= 0.3 is 0 Å². The van der Waals surface area contributed by atoms with Crippen LogP contribution in [0, 0.1) is 0 Å². The highest BCUT2D eigenvalue weighted by atomic mass is 16.5. The molecule has 1 aromatic carbocycles. The van der Waals surface area contributed by atoms with E-state index in [2.05, 4.69) is 19.9 Å². The molecule has 4 heterocycles. The van der Waals surface area contributed by atoms with Gasteiger partial charge < -0.3 is 16.2 Å². The van der Waals surface area contributed by atoms with Crippen molar-refractivity contribution in [2.75, 3.05) is 18.1 Å². The summed E-state index contributed by atoms with van der Waals surface area (Å²) >= 11 is 0. The minimum Gasteiger partial charge on any atom is -0.398 e. The van der Waals surface area contributed by atoms with E-state index in [1.807, 2.05) is 34.9 Å². The quantitative estimate of drug-likeness (QED) is 0.517. The second-order valence-electron chi connectivity index (χ2n) is 7.08. The van der Waals surface area contributed by atoms with E-state index in [0.717, 1.165) is 37.1 Å². The lowest BCUT2D eigenvalue weighted by Gasteiger charge is -2.23. The number of hydrogen-bond donors (Lipinski definition) is 2. The molecule has 3 aromatic heterocycles. The summed E-state index contributed by atoms with van der Waals surface area (Å²) in [4.78, 5) is 18.2. The van der Waals surface area contributed by atoms with Gasteiger partial charge in [0.15, 0.2) is 5.65 Å². The Morgan fingerprint density at radius 1 is 0.931 bits per heavy atom. The fraction of sp³-hybridized carbons (Fsp3) is 0.238. The average Bonchev–Trinajstić information content (AvgIpc) is 3.19. The Balaban J connectivity index is 1.69. The van der Waals surface area contributed by atoms with Crippen LogP contribution in [0.3, 0.4) is 0 Å². The first-order chi connectivity index (χ1) is 14.2. The van der Waals surface area contributed by atoms with Gasteiger partial charge in [0.25, 0.3) is 0 Å². The second-order valence-corrected chi connectivity index (χ2v) is 7.08. The van der Waals surface area contributed by atoms with Gasteiger partial charge in [0, 0.05) is 35.3 Å². The van der Waals surface area contributed by atoms with Crippen molar-refractivity contribution < 1.29 is 4.74 Å². The zero-order valence-electron chi connectivity index (χ0n) is 15.8. The Morgan fingerprint density at radius 3 is 2.59 bits per heavy atom. The van der Waals surface area contributed by atoms with Crippen LogP contribution in [0.5, 0.6) is 0 Å². The van der Waals surface area contributed by atoms with Gasteiger partial charge in [0.1, 0.15) is 23.8 Å². The summed E-state index contributed by atoms with van der Waals surface area (Å²) in [7, 11) is 0. The molecule has 1 atom stereocenters. The molecule has 29 heavy (non-hydrogen) atoms. The molecule has 1 fully saturated rings. The van der Waals surface area contributed by atoms with Crippen molar-refractivity contribution in [3.63, 3.8) is 0 Å². The van der Waals surface area contributed by atoms with E-state index in [-0.39, 0.29) is 6.23 Å². The zero-order valence-corrected chi connectivity index (χ0v) is 15.8. The topological polar surface area (TPSA) is 118 Å². The molecule has 4 aromatic rings. The molecule has 5 rings (SSSR count). The molecule has 8 nitrogen and oxygen atoms in total. The molecule has 1 unspecified atom stereocenters. The number of rotatable bonds is 3. The molecule has 0 spiro atoms. The Kier molecular flexibility index (Phi) is 4.33. The number of hydrogen-bond acceptors (Lipinski definition) is 7. The van der Waals surface area contributed by atoms with Crippen molar-refractivity contribution in [1.29, 1.82) is 0 Å². The van der Waals surface area contributed by atoms with Crippen molar-refractivity contribution in [2.45, 2.75) is 25.5 Å². The van der Waals surface area contributed by atoms with Crippen molar-refractivity contribution in [3.8, 4) is 22.5 Å². The number of nitrogens with two attached hydrogens (primary N) is 2. The van der Waals surface area contributed by atoms with Crippen LogP contribution in [0.15, 0.2) is 49.2 Å². The molecule has 0 aliphatic carbocycles. The molecule has 0 radical (unpaired) electrons. The largest absolute Gasteiger partial charge is 0.398 e. The van der Waals surface area contributed by atoms with Crippen LogP contribution >= 0.6 is 0 Å². The third kappa shape index (κ3) is 2.98. The number of imidazole rings is 1. The van der Waals surface area contributed by atoms with E-state index in [1.54, 1.807) is 18.9 Å². The summed E-state index contributed by atoms with van der Waals surface area (Å²) in [6.45, 7) is 0.752. The third-order valence-electron chi connectivity index (χ3n) is 5.25. The van der Waals surface area contributed by atoms with E-state index in [9.17, 15) is 0 Å². The third-order valence-corrected chi connectivity index (χ3v) is 5.25. The second kappa shape index (κ2) is 7.14. The SMILES string of the molecule is Nc1cccc(N)c1-c1ncccc1-c1ncnc2c1ncn2C1CCCCO1. The van der Waals surface area contributed by atoms with Gasteiger partial charge in [-0.1, -0.05) is 6.07 Å². The molecule has 1 aliphatic heterocycles. The van der Waals surface area contributed by atoms with E-state index >= 15 is 0 Å². The molecule has 1 saturated heterocycles. The monoisotopic (exact) mass is 387 g/mol. The predicted molar refractivity (Wildman–Crippen MR) is 112 cm³/mol. The predicted octanol–water partition coefficient (Wildman–Crippen LogP) is 3.42. The smallest absolute Gasteiger partial charge is 0.165 e. The molecule has 1 aliphatic rings. The maximum atomic E-state index is 6.23. The summed E-state index contributed by atoms with van der Waals surface area (Å²) in [5.41, 5.74) is 17.9. The number of pyridine rings is 1. The fourth-order valence-electron chi connectivity index (χ4n) is 3.86. The molecule has 4 N–H and O–H groups in total. The van der Waals surface area contributed by atoms with Crippen molar-refractivity contribution in [2.24, 2.45) is 0 Å². The molecule has 0 amide bonds. The Bertz CT molecular complexity index is 1160. The Labute approximate surface area is 167 Å². The molecule has 8 heteroatoms. The lowest BCUT2D eigenvalue weighted by Crippen LogP contribution is -2.17. The van der Waals surface area contributed by atoms with Crippen LogP contribution in [-0.4, -0.2) is 31.1 Å². The first-order valence-corrected chi connectivity index (χ1v) is 9.63. The standard InChI is InChI=1S/C21H21N7O/c22-14-6-3-7-15(23)17(14)18-13(5-4-9-24-18)19-20-21(26-11-25-19)28(12-27-20)16-8-1-2-10-29-16/h3-7,9,11-12,16H,1-2,8,10,22-23H2. The van der Waals surface area contributed by atoms with Crippen LogP contribution < -0.4 is 11.5 Å². The Morgan fingerprint density at radius 2 is 1.79 bits per heavy atom. The van der Waals surface area contributed by atoms with Crippen LogP contribution in [0.4, 0.5) is 11.4 Å². The van der Waals surface area contributed by atoms with E-state index in [4.69, 9.17) is 16.2 Å². The normalized spacial score (nSPS) is 16.9. The van der Waals surface area contributed by atoms with Crippen molar-refractivity contribution >= 4 is 22.5 Å². The molecule has 146 valence electrons. The maximum absolute atomic E-state index is 6.23. The van der Waals surface area contributed by atoms with Crippen LogP contribution in [0.1, 0.15) is 25.5 Å². The van der Waals surface area contributed by atoms with E-state index in [1.165, 1.54) is 0 Å². The highest BCUT2D eigenvalue weighted by molar-refractivity contribution is 5.97. The van der Waals surface area contributed by atoms with Crippen molar-refractivity contribution in [1.82, 2.24) is 24.5 Å². The van der Waals surface area contributed by atoms with Gasteiger partial charge in [-0.25, -0.2) is 15.0 Å². The molecule has 0 bridgehead atoms. The number of nitrogen functional groups attached to an aromatic ring is 2. The number of benzene rings is 1. The van der Waals surface area contributed by atoms with E-state index < -0.39 is 0 Å². The Hall–Kier alpha value is -3.52. The van der Waals surface area contributed by atoms with Gasteiger partial charge in [0.2, 0.25) is 0 Å². The van der Waals surface area contributed by atoms with Gasteiger partial charge in [-0.2, -0.15) is 0 Å². The lowest BCUT2D eigenvalue weighted by atomic mass is 10.00. The lowest BCUT2D eigenvalue weighted by molar-refractivity contribution is -0.0298. The van der Waals surface area contributed by atoms with E-state index in [0.29, 0.717) is 33.8 Å². The van der Waals surface area contributed by atoms with Crippen LogP contribution in [0.25, 0.3) is 33.7 Å². The zero-order chi connectivity index (χ0) is 19.8. The van der Waals surface area contributed by atoms with Crippen LogP contribution in [0.2, 0.25) is 0 Å². The summed E-state index contributed by atoms with van der Waals surface area (Å²) in [6.07, 6.45) is 8.15. The van der Waals surface area contributed by atoms with Crippen LogP contribution in [-0.2, 0) is 4.74 Å². The number of aromatic nitrogens is 5. The fourth-order valence-corrected chi connectivity index (χ4v) is 3.86. The van der Waals surface area contributed by atoms with Gasteiger partial charge in [0.05, 0.1) is 12.0 Å². The first-order valence-electron chi connectivity index (χ1n) is 9.63. The summed E-state index contributed by atoms with van der Waals surface area (Å²) in [5.74, 6) is 0. The molecular weight excluding hydrogens is 366 g/mol. The first kappa shape index (κ1) is 17.6. The van der Waals surface area contributed by atoms with Gasteiger partial charge in [-0.15, -0.1) is 0 Å². The highest BCUT2D eigenvalue weighted by Gasteiger charge is 2.22. The molecule has 0 saturated carbocycles. The van der Waals surface area contributed by atoms with Gasteiger partial charge in [-0.05, 0) is 43.5 Å². The van der Waals surface area contributed by atoms with Gasteiger partial charge in [-0.3, -0.25) is 9.55 Å². The molecular formula is C21H21N7O. The highest BCUT2D eigenvalue weighted by Crippen LogP contribution is 2.38. The number of anilines is 2. The minimum atomic E-state index is -0.0507. The number of ether oxygens (including phenoxy) is 1. The van der Waals surface area contributed by atoms with Crippen molar-refractivity contribution in [3.05, 3.63) is 49.2 Å². The summed E-state index contributed by atoms with van der Waals surface area (Å²) < 4.78 is 7.90.